The van der Waals surface area contributed by atoms with Gasteiger partial charge in [-0.25, -0.2) is 0 Å². The minimum Gasteiger partial charge on any atom is -0.378 e. The average Bonchev–Trinajstić information content (AvgIpc) is 3.04. The summed E-state index contributed by atoms with van der Waals surface area (Å²) in [6.07, 6.45) is 3.42. The summed E-state index contributed by atoms with van der Waals surface area (Å²) >= 11 is 12.0. The highest BCUT2D eigenvalue weighted by atomic mass is 35.5. The second-order valence-electron chi connectivity index (χ2n) is 10.2. The first kappa shape index (κ1) is 30.9. The Morgan fingerprint density at radius 1 is 0.909 bits per heavy atom. The number of halogens is 1. The van der Waals surface area contributed by atoms with Gasteiger partial charge in [-0.3, -0.25) is 25.0 Å². The van der Waals surface area contributed by atoms with Crippen molar-refractivity contribution in [1.29, 1.82) is 0 Å². The van der Waals surface area contributed by atoms with Crippen LogP contribution in [0, 0.1) is 10.1 Å². The van der Waals surface area contributed by atoms with Gasteiger partial charge in [-0.1, -0.05) is 41.9 Å². The fourth-order valence-corrected chi connectivity index (χ4v) is 5.59. The van der Waals surface area contributed by atoms with Gasteiger partial charge in [0, 0.05) is 63.2 Å². The number of amides is 2. The second kappa shape index (κ2) is 14.3. The van der Waals surface area contributed by atoms with Crippen LogP contribution in [0.4, 0.5) is 22.7 Å². The van der Waals surface area contributed by atoms with E-state index < -0.39 is 10.8 Å². The lowest BCUT2D eigenvalue weighted by Crippen LogP contribution is -2.48. The monoisotopic (exact) mass is 634 g/mol. The van der Waals surface area contributed by atoms with Crippen molar-refractivity contribution in [1.82, 2.24) is 10.2 Å². The fourth-order valence-electron chi connectivity index (χ4n) is 5.08. The van der Waals surface area contributed by atoms with Crippen molar-refractivity contribution in [2.24, 2.45) is 0 Å². The molecule has 0 aromatic heterocycles. The van der Waals surface area contributed by atoms with Crippen LogP contribution in [-0.4, -0.2) is 79.2 Å². The number of carbonyl (C=O) groups excluding carboxylic acids is 2. The summed E-state index contributed by atoms with van der Waals surface area (Å²) in [5, 5.41) is 17.5. The van der Waals surface area contributed by atoms with Gasteiger partial charge in [0.1, 0.15) is 0 Å². The van der Waals surface area contributed by atoms with Crippen LogP contribution in [0.1, 0.15) is 15.9 Å². The number of hydrogen-bond acceptors (Lipinski definition) is 8. The molecule has 0 aliphatic carbocycles. The van der Waals surface area contributed by atoms with Crippen molar-refractivity contribution in [3.05, 3.63) is 99.1 Å². The molecular weight excluding hydrogens is 604 g/mol. The lowest BCUT2D eigenvalue weighted by Gasteiger charge is -2.36. The third kappa shape index (κ3) is 7.70. The molecule has 2 fully saturated rings. The second-order valence-corrected chi connectivity index (χ2v) is 11.0. The van der Waals surface area contributed by atoms with E-state index in [-0.39, 0.29) is 22.3 Å². The maximum atomic E-state index is 13.2. The van der Waals surface area contributed by atoms with Crippen molar-refractivity contribution in [3.8, 4) is 0 Å². The van der Waals surface area contributed by atoms with Crippen LogP contribution in [0.5, 0.6) is 0 Å². The van der Waals surface area contributed by atoms with E-state index in [0.29, 0.717) is 68.9 Å². The molecular formula is C31H31ClN6O5S. The number of morpholine rings is 1. The van der Waals surface area contributed by atoms with Crippen molar-refractivity contribution >= 4 is 69.6 Å². The summed E-state index contributed by atoms with van der Waals surface area (Å²) in [6.45, 7) is 4.48. The smallest absolute Gasteiger partial charge is 0.270 e. The molecule has 2 amide bonds. The highest BCUT2D eigenvalue weighted by Gasteiger charge is 2.24. The zero-order valence-corrected chi connectivity index (χ0v) is 25.4. The van der Waals surface area contributed by atoms with Crippen LogP contribution in [-0.2, 0) is 9.53 Å². The molecule has 13 heteroatoms. The first-order valence-electron chi connectivity index (χ1n) is 14.1. The molecule has 0 unspecified atom stereocenters. The first-order chi connectivity index (χ1) is 21.3. The molecule has 228 valence electrons. The Morgan fingerprint density at radius 3 is 2.27 bits per heavy atom. The van der Waals surface area contributed by atoms with Crippen molar-refractivity contribution in [2.45, 2.75) is 0 Å². The minimum absolute atomic E-state index is 0.0222. The molecule has 0 bridgehead atoms. The summed E-state index contributed by atoms with van der Waals surface area (Å²) in [7, 11) is 0. The quantitative estimate of drug-likeness (QED) is 0.167. The Morgan fingerprint density at radius 2 is 1.59 bits per heavy atom. The molecule has 3 aromatic carbocycles. The Hall–Kier alpha value is -4.52. The van der Waals surface area contributed by atoms with E-state index in [2.05, 4.69) is 15.5 Å². The van der Waals surface area contributed by atoms with Crippen LogP contribution < -0.4 is 20.4 Å². The minimum atomic E-state index is -0.568. The van der Waals surface area contributed by atoms with Gasteiger partial charge in [0.25, 0.3) is 11.6 Å². The number of thiocarbonyl (C=S) groups is 1. The van der Waals surface area contributed by atoms with E-state index in [0.717, 1.165) is 11.3 Å². The van der Waals surface area contributed by atoms with Gasteiger partial charge in [0.05, 0.1) is 40.1 Å². The molecule has 2 aliphatic rings. The van der Waals surface area contributed by atoms with Gasteiger partial charge in [0.15, 0.2) is 5.11 Å². The molecule has 0 atom stereocenters. The van der Waals surface area contributed by atoms with Gasteiger partial charge in [0.2, 0.25) is 5.91 Å². The maximum Gasteiger partial charge on any atom is 0.270 e. The Labute approximate surface area is 265 Å². The zero-order valence-electron chi connectivity index (χ0n) is 23.8. The van der Waals surface area contributed by atoms with Gasteiger partial charge in [-0.2, -0.15) is 0 Å². The molecule has 0 radical (unpaired) electrons. The Kier molecular flexibility index (Phi) is 10.1. The Bertz CT molecular complexity index is 1570. The van der Waals surface area contributed by atoms with Crippen molar-refractivity contribution in [2.75, 3.05) is 67.6 Å². The summed E-state index contributed by atoms with van der Waals surface area (Å²) in [4.78, 5) is 42.6. The van der Waals surface area contributed by atoms with Gasteiger partial charge in [-0.05, 0) is 48.1 Å². The number of hydrogen-bond donors (Lipinski definition) is 2. The SMILES string of the molecule is O=C(NC(=S)Nc1ccc(N2CCN(C(=O)/C=C/c3ccccc3)CC2)c(Cl)c1)c1cc([N+](=O)[O-])ccc1N1CCOCC1. The molecule has 3 aromatic rings. The topological polar surface area (TPSA) is 120 Å². The van der Waals surface area contributed by atoms with E-state index in [1.165, 1.54) is 12.1 Å². The summed E-state index contributed by atoms with van der Waals surface area (Å²) < 4.78 is 5.40. The molecule has 2 aliphatic heterocycles. The number of benzene rings is 3. The van der Waals surface area contributed by atoms with E-state index >= 15 is 0 Å². The van der Waals surface area contributed by atoms with E-state index in [9.17, 15) is 19.7 Å². The number of carbonyl (C=O) groups is 2. The molecule has 5 rings (SSSR count). The third-order valence-electron chi connectivity index (χ3n) is 7.37. The highest BCUT2D eigenvalue weighted by Crippen LogP contribution is 2.30. The number of ether oxygens (including phenoxy) is 1. The summed E-state index contributed by atoms with van der Waals surface area (Å²) in [5.74, 6) is -0.599. The first-order valence-corrected chi connectivity index (χ1v) is 14.9. The molecule has 44 heavy (non-hydrogen) atoms. The zero-order chi connectivity index (χ0) is 31.1. The third-order valence-corrected chi connectivity index (χ3v) is 7.88. The molecule has 11 nitrogen and oxygen atoms in total. The van der Waals surface area contributed by atoms with Crippen LogP contribution in [0.2, 0.25) is 5.02 Å². The number of non-ortho nitro benzene ring substituents is 1. The average molecular weight is 635 g/mol. The van der Waals surface area contributed by atoms with Gasteiger partial charge in [-0.15, -0.1) is 0 Å². The van der Waals surface area contributed by atoms with Gasteiger partial charge < -0.3 is 24.8 Å². The fraction of sp³-hybridized carbons (Fsp3) is 0.258. The highest BCUT2D eigenvalue weighted by molar-refractivity contribution is 7.80. The van der Waals surface area contributed by atoms with Crippen molar-refractivity contribution < 1.29 is 19.2 Å². The van der Waals surface area contributed by atoms with Crippen LogP contribution >= 0.6 is 23.8 Å². The largest absolute Gasteiger partial charge is 0.378 e. The lowest BCUT2D eigenvalue weighted by molar-refractivity contribution is -0.384. The number of rotatable bonds is 7. The van der Waals surface area contributed by atoms with E-state index in [1.54, 1.807) is 24.3 Å². The number of anilines is 3. The molecule has 2 saturated heterocycles. The van der Waals surface area contributed by atoms with E-state index in [4.69, 9.17) is 28.6 Å². The standard InChI is InChI=1S/C31H31ClN6O5S/c32-26-20-23(7-9-28(26)35-12-14-37(15-13-35)29(39)11-6-22-4-2-1-3-5-22)33-31(44)34-30(40)25-21-24(38(41)42)8-10-27(25)36-16-18-43-19-17-36/h1-11,20-21H,12-19H2,(H2,33,34,40,44)/b11-6+. The number of nitrogens with one attached hydrogen (secondary N) is 2. The van der Waals surface area contributed by atoms with E-state index in [1.807, 2.05) is 52.3 Å². The normalized spacial score (nSPS) is 15.2. The Balaban J connectivity index is 1.18. The number of piperazine rings is 1. The molecule has 0 saturated carbocycles. The maximum absolute atomic E-state index is 13.2. The summed E-state index contributed by atoms with van der Waals surface area (Å²) in [6, 6.07) is 19.3. The number of nitro groups is 1. The van der Waals surface area contributed by atoms with Gasteiger partial charge >= 0.3 is 0 Å². The van der Waals surface area contributed by atoms with Crippen LogP contribution in [0.25, 0.3) is 6.08 Å². The summed E-state index contributed by atoms with van der Waals surface area (Å²) in [5.41, 5.74) is 2.89. The number of nitro benzene ring substituents is 1. The molecule has 2 N–H and O–H groups in total. The predicted molar refractivity (Wildman–Crippen MR) is 176 cm³/mol. The predicted octanol–water partition coefficient (Wildman–Crippen LogP) is 4.57. The number of nitrogens with zero attached hydrogens (tertiary/aromatic N) is 4. The lowest BCUT2D eigenvalue weighted by atomic mass is 10.1. The molecule has 0 spiro atoms. The van der Waals surface area contributed by atoms with Crippen molar-refractivity contribution in [3.63, 3.8) is 0 Å². The van der Waals surface area contributed by atoms with Crippen LogP contribution in [0.15, 0.2) is 72.8 Å². The van der Waals surface area contributed by atoms with Crippen LogP contribution in [0.3, 0.4) is 0 Å². The molecule has 2 heterocycles.